The standard InChI is InChI=1S/C31H32N8O9/c1-3-7-20-24(27(46-17(2)40)29(47-20)38-12-10-22(32)33-30(38)43)39-15-19(35-36-39)14-21-26(45-16-18-8-5-4-6-9-18)25(42)28(48-21)37-13-11-23(41)34-31(37)44/h1,4-6,8-13,15,20-21,24-29,42H,7,14,16H2,2H3,(H2,32,33,43)(H,34,41,44)/t20-,21-,24-,25-,26-,27-,28-,29-/m1/s1. The van der Waals surface area contributed by atoms with E-state index in [4.69, 9.17) is 31.1 Å². The number of benzene rings is 1. The number of aromatic nitrogens is 7. The predicted octanol–water partition coefficient (Wildman–Crippen LogP) is -0.553. The molecule has 0 unspecified atom stereocenters. The van der Waals surface area contributed by atoms with Crippen LogP contribution in [-0.2, 0) is 36.8 Å². The molecule has 4 aromatic rings. The van der Waals surface area contributed by atoms with Gasteiger partial charge in [-0.1, -0.05) is 35.5 Å². The highest BCUT2D eigenvalue weighted by molar-refractivity contribution is 5.66. The Morgan fingerprint density at radius 1 is 1.06 bits per heavy atom. The molecular formula is C31H32N8O9. The van der Waals surface area contributed by atoms with Crippen molar-refractivity contribution in [2.24, 2.45) is 0 Å². The van der Waals surface area contributed by atoms with Gasteiger partial charge in [0, 0.05) is 44.4 Å². The first-order valence-electron chi connectivity index (χ1n) is 14.9. The largest absolute Gasteiger partial charge is 0.455 e. The number of aliphatic hydroxyl groups excluding tert-OH is 1. The highest BCUT2D eigenvalue weighted by Gasteiger charge is 2.50. The quantitative estimate of drug-likeness (QED) is 0.144. The van der Waals surface area contributed by atoms with Crippen molar-refractivity contribution in [3.8, 4) is 12.3 Å². The Balaban J connectivity index is 1.29. The van der Waals surface area contributed by atoms with E-state index in [1.165, 1.54) is 30.1 Å². The molecule has 2 fully saturated rings. The highest BCUT2D eigenvalue weighted by Crippen LogP contribution is 2.40. The number of carbonyl (C=O) groups is 1. The molecule has 17 heteroatoms. The van der Waals surface area contributed by atoms with E-state index in [0.717, 1.165) is 20.8 Å². The molecule has 0 spiro atoms. The first kappa shape index (κ1) is 32.5. The molecule has 1 aromatic carbocycles. The van der Waals surface area contributed by atoms with Gasteiger partial charge in [-0.05, 0) is 11.6 Å². The SMILES string of the molecule is C#CC[C@H]1O[C@@H](n2ccc(N)nc2=O)[C@H](OC(C)=O)[C@@H]1n1cc(C[C@H]2O[C@@H](n3ccc(=O)[nH]c3=O)[C@H](O)[C@@H]2OCc2ccccc2)nn1. The number of ether oxygens (including phenoxy) is 4. The lowest BCUT2D eigenvalue weighted by Crippen LogP contribution is -2.38. The molecule has 48 heavy (non-hydrogen) atoms. The predicted molar refractivity (Wildman–Crippen MR) is 165 cm³/mol. The number of esters is 1. The summed E-state index contributed by atoms with van der Waals surface area (Å²) in [5.74, 6) is 1.92. The molecule has 5 heterocycles. The van der Waals surface area contributed by atoms with E-state index in [0.29, 0.717) is 5.69 Å². The number of aliphatic hydroxyl groups is 1. The molecule has 2 aliphatic heterocycles. The van der Waals surface area contributed by atoms with Crippen molar-refractivity contribution >= 4 is 11.8 Å². The van der Waals surface area contributed by atoms with Crippen molar-refractivity contribution in [1.29, 1.82) is 0 Å². The zero-order valence-electron chi connectivity index (χ0n) is 25.6. The molecule has 2 saturated heterocycles. The lowest BCUT2D eigenvalue weighted by atomic mass is 10.0. The van der Waals surface area contributed by atoms with E-state index < -0.39 is 71.9 Å². The average molecular weight is 661 g/mol. The van der Waals surface area contributed by atoms with Crippen molar-refractivity contribution < 1.29 is 28.8 Å². The molecule has 250 valence electrons. The van der Waals surface area contributed by atoms with Crippen LogP contribution in [0.2, 0.25) is 0 Å². The Hall–Kier alpha value is -5.41. The molecule has 8 atom stereocenters. The van der Waals surface area contributed by atoms with Gasteiger partial charge >= 0.3 is 17.3 Å². The van der Waals surface area contributed by atoms with Gasteiger partial charge < -0.3 is 29.8 Å². The third-order valence-electron chi connectivity index (χ3n) is 8.05. The molecule has 0 bridgehead atoms. The molecule has 0 radical (unpaired) electrons. The van der Waals surface area contributed by atoms with Crippen LogP contribution < -0.4 is 22.7 Å². The summed E-state index contributed by atoms with van der Waals surface area (Å²) in [6, 6.07) is 11.0. The zero-order chi connectivity index (χ0) is 33.9. The van der Waals surface area contributed by atoms with Gasteiger partial charge in [0.2, 0.25) is 0 Å². The Morgan fingerprint density at radius 2 is 1.81 bits per heavy atom. The lowest BCUT2D eigenvalue weighted by molar-refractivity contribution is -0.153. The van der Waals surface area contributed by atoms with Crippen molar-refractivity contribution in [3.05, 3.63) is 104 Å². The second-order valence-electron chi connectivity index (χ2n) is 11.3. The third-order valence-corrected chi connectivity index (χ3v) is 8.05. The second kappa shape index (κ2) is 13.8. The van der Waals surface area contributed by atoms with E-state index >= 15 is 0 Å². The Morgan fingerprint density at radius 3 is 2.52 bits per heavy atom. The van der Waals surface area contributed by atoms with Crippen LogP contribution in [0.5, 0.6) is 0 Å². The van der Waals surface area contributed by atoms with Crippen molar-refractivity contribution in [1.82, 2.24) is 34.1 Å². The van der Waals surface area contributed by atoms with Gasteiger partial charge in [-0.2, -0.15) is 4.98 Å². The Kier molecular flexibility index (Phi) is 9.32. The van der Waals surface area contributed by atoms with Crippen LogP contribution in [0.25, 0.3) is 0 Å². The number of anilines is 1. The van der Waals surface area contributed by atoms with Crippen LogP contribution in [0.15, 0.2) is 75.4 Å². The van der Waals surface area contributed by atoms with Gasteiger partial charge in [-0.3, -0.25) is 23.7 Å². The van der Waals surface area contributed by atoms with Crippen molar-refractivity contribution in [2.75, 3.05) is 5.73 Å². The monoisotopic (exact) mass is 660 g/mol. The number of hydrogen-bond donors (Lipinski definition) is 3. The zero-order valence-corrected chi connectivity index (χ0v) is 25.6. The number of hydrogen-bond acceptors (Lipinski definition) is 13. The molecule has 0 aliphatic carbocycles. The number of nitrogens with zero attached hydrogens (tertiary/aromatic N) is 6. The summed E-state index contributed by atoms with van der Waals surface area (Å²) in [6.45, 7) is 1.36. The summed E-state index contributed by atoms with van der Waals surface area (Å²) in [5, 5.41) is 19.9. The summed E-state index contributed by atoms with van der Waals surface area (Å²) >= 11 is 0. The summed E-state index contributed by atoms with van der Waals surface area (Å²) in [4.78, 5) is 55.1. The molecule has 2 aliphatic rings. The van der Waals surface area contributed by atoms with Crippen LogP contribution in [0, 0.1) is 12.3 Å². The van der Waals surface area contributed by atoms with Crippen LogP contribution in [0.1, 0.15) is 43.1 Å². The van der Waals surface area contributed by atoms with Crippen molar-refractivity contribution in [3.63, 3.8) is 0 Å². The number of nitrogen functional groups attached to an aromatic ring is 1. The van der Waals surface area contributed by atoms with Crippen molar-refractivity contribution in [2.45, 2.75) is 75.4 Å². The number of H-pyrrole nitrogens is 1. The summed E-state index contributed by atoms with van der Waals surface area (Å²) < 4.78 is 27.8. The number of carbonyl (C=O) groups excluding carboxylic acids is 1. The summed E-state index contributed by atoms with van der Waals surface area (Å²) in [7, 11) is 0. The number of terminal acetylenes is 1. The smallest absolute Gasteiger partial charge is 0.351 e. The van der Waals surface area contributed by atoms with Crippen LogP contribution >= 0.6 is 0 Å². The number of rotatable bonds is 10. The normalized spacial score (nSPS) is 26.7. The topological polar surface area (TPSA) is 221 Å². The van der Waals surface area contributed by atoms with E-state index in [2.05, 4.69) is 26.2 Å². The summed E-state index contributed by atoms with van der Waals surface area (Å²) in [5.41, 5.74) is 4.83. The minimum absolute atomic E-state index is 0.00824. The molecule has 3 aromatic heterocycles. The van der Waals surface area contributed by atoms with Gasteiger partial charge in [-0.15, -0.1) is 17.4 Å². The maximum absolute atomic E-state index is 12.7. The molecule has 4 N–H and O–H groups in total. The Bertz CT molecular complexity index is 1980. The van der Waals surface area contributed by atoms with Crippen LogP contribution in [-0.4, -0.2) is 75.7 Å². The number of nitrogens with one attached hydrogen (secondary N) is 1. The van der Waals surface area contributed by atoms with E-state index in [9.17, 15) is 24.3 Å². The van der Waals surface area contributed by atoms with Gasteiger partial charge in [0.1, 0.15) is 24.1 Å². The molecule has 0 saturated carbocycles. The maximum Gasteiger partial charge on any atom is 0.351 e. The first-order chi connectivity index (χ1) is 23.1. The molecule has 0 amide bonds. The lowest BCUT2D eigenvalue weighted by Gasteiger charge is -2.24. The number of aromatic amines is 1. The van der Waals surface area contributed by atoms with Gasteiger partial charge in [-0.25, -0.2) is 14.3 Å². The first-order valence-corrected chi connectivity index (χ1v) is 14.9. The van der Waals surface area contributed by atoms with Gasteiger partial charge in [0.15, 0.2) is 18.6 Å². The second-order valence-corrected chi connectivity index (χ2v) is 11.3. The minimum atomic E-state index is -1.30. The summed E-state index contributed by atoms with van der Waals surface area (Å²) in [6.07, 6.45) is 2.84. The minimum Gasteiger partial charge on any atom is -0.455 e. The third kappa shape index (κ3) is 6.68. The fourth-order valence-corrected chi connectivity index (χ4v) is 5.96. The number of nitrogens with two attached hydrogens (primary N) is 1. The van der Waals surface area contributed by atoms with Gasteiger partial charge in [0.25, 0.3) is 5.56 Å². The highest BCUT2D eigenvalue weighted by atomic mass is 16.6. The fraction of sp³-hybridized carbons (Fsp3) is 0.387. The molecule has 17 nitrogen and oxygen atoms in total. The van der Waals surface area contributed by atoms with Crippen LogP contribution in [0.4, 0.5) is 5.82 Å². The Labute approximate surface area is 271 Å². The average Bonchev–Trinajstić information content (AvgIpc) is 3.72. The van der Waals surface area contributed by atoms with E-state index in [1.807, 2.05) is 30.3 Å². The molecular weight excluding hydrogens is 628 g/mol. The van der Waals surface area contributed by atoms with Crippen LogP contribution in [0.3, 0.4) is 0 Å². The fourth-order valence-electron chi connectivity index (χ4n) is 5.96. The van der Waals surface area contributed by atoms with E-state index in [1.54, 1.807) is 6.20 Å². The van der Waals surface area contributed by atoms with Gasteiger partial charge in [0.05, 0.1) is 24.5 Å². The van der Waals surface area contributed by atoms with E-state index in [-0.39, 0.29) is 25.3 Å². The molecule has 6 rings (SSSR count). The maximum atomic E-state index is 12.7.